The normalized spacial score (nSPS) is 10.2. The van der Waals surface area contributed by atoms with Crippen LogP contribution in [0.25, 0.3) is 0 Å². The van der Waals surface area contributed by atoms with Crippen LogP contribution in [-0.4, -0.2) is 4.98 Å². The smallest absolute Gasteiger partial charge is 0.222 e. The predicted molar refractivity (Wildman–Crippen MR) is 43.9 cm³/mol. The molecule has 0 unspecified atom stereocenters. The van der Waals surface area contributed by atoms with E-state index in [-0.39, 0.29) is 15.9 Å². The van der Waals surface area contributed by atoms with Gasteiger partial charge in [-0.3, -0.25) is 0 Å². The molecule has 0 amide bonds. The molecule has 2 nitrogen and oxygen atoms in total. The maximum atomic E-state index is 12.2. The molecule has 13 heavy (non-hydrogen) atoms. The number of pyridine rings is 1. The maximum absolute atomic E-state index is 12.2. The molecule has 0 aliphatic rings. The first kappa shape index (κ1) is 10.2. The highest BCUT2D eigenvalue weighted by Crippen LogP contribution is 2.28. The van der Waals surface area contributed by atoms with Gasteiger partial charge in [0.25, 0.3) is 6.43 Å². The molecule has 0 atom stereocenters. The zero-order valence-corrected chi connectivity index (χ0v) is 7.57. The molecular weight excluding hydrogens is 221 g/mol. The van der Waals surface area contributed by atoms with Crippen molar-refractivity contribution < 1.29 is 8.78 Å². The second kappa shape index (κ2) is 3.86. The van der Waals surface area contributed by atoms with Crippen LogP contribution in [0.3, 0.4) is 0 Å². The number of halogens is 4. The Bertz CT molecular complexity index is 373. The Hall–Kier alpha value is -0.920. The van der Waals surface area contributed by atoms with Gasteiger partial charge in [0.15, 0.2) is 0 Å². The SMILES string of the molecule is N#Cc1cc(C(F)F)c(Cl)nc1Cl. The zero-order valence-electron chi connectivity index (χ0n) is 6.06. The van der Waals surface area contributed by atoms with Crippen molar-refractivity contribution in [2.75, 3.05) is 0 Å². The number of aromatic nitrogens is 1. The van der Waals surface area contributed by atoms with Crippen molar-refractivity contribution in [2.24, 2.45) is 0 Å². The van der Waals surface area contributed by atoms with E-state index in [0.717, 1.165) is 6.07 Å². The lowest BCUT2D eigenvalue weighted by atomic mass is 10.2. The molecule has 1 heterocycles. The largest absolute Gasteiger partial charge is 0.266 e. The van der Waals surface area contributed by atoms with E-state index in [1.807, 2.05) is 0 Å². The molecule has 0 aliphatic heterocycles. The fourth-order valence-corrected chi connectivity index (χ4v) is 1.16. The Morgan fingerprint density at radius 3 is 2.46 bits per heavy atom. The van der Waals surface area contributed by atoms with Gasteiger partial charge in [-0.05, 0) is 6.07 Å². The van der Waals surface area contributed by atoms with Crippen LogP contribution in [0.4, 0.5) is 8.78 Å². The van der Waals surface area contributed by atoms with E-state index in [1.54, 1.807) is 6.07 Å². The molecule has 6 heteroatoms. The van der Waals surface area contributed by atoms with Crippen LogP contribution < -0.4 is 0 Å². The lowest BCUT2D eigenvalue weighted by Gasteiger charge is -2.02. The number of hydrogen-bond acceptors (Lipinski definition) is 2. The highest BCUT2D eigenvalue weighted by Gasteiger charge is 2.16. The van der Waals surface area contributed by atoms with Gasteiger partial charge < -0.3 is 0 Å². The Morgan fingerprint density at radius 1 is 1.38 bits per heavy atom. The molecule has 0 bridgehead atoms. The molecule has 1 aromatic rings. The fourth-order valence-electron chi connectivity index (χ4n) is 0.717. The van der Waals surface area contributed by atoms with Gasteiger partial charge in [-0.1, -0.05) is 23.2 Å². The van der Waals surface area contributed by atoms with E-state index < -0.39 is 12.0 Å². The van der Waals surface area contributed by atoms with Gasteiger partial charge in [-0.25, -0.2) is 13.8 Å². The second-order valence-corrected chi connectivity index (χ2v) is 2.84. The van der Waals surface area contributed by atoms with Crippen LogP contribution in [0.15, 0.2) is 6.07 Å². The third kappa shape index (κ3) is 2.06. The summed E-state index contributed by atoms with van der Waals surface area (Å²) in [6.07, 6.45) is -2.76. The van der Waals surface area contributed by atoms with Crippen LogP contribution in [0.5, 0.6) is 0 Å². The fraction of sp³-hybridized carbons (Fsp3) is 0.143. The molecule has 1 aromatic heterocycles. The van der Waals surface area contributed by atoms with E-state index in [9.17, 15) is 8.78 Å². The minimum Gasteiger partial charge on any atom is -0.222 e. The van der Waals surface area contributed by atoms with E-state index in [1.165, 1.54) is 0 Å². The summed E-state index contributed by atoms with van der Waals surface area (Å²) < 4.78 is 24.4. The van der Waals surface area contributed by atoms with Crippen LogP contribution in [0.2, 0.25) is 10.3 Å². The van der Waals surface area contributed by atoms with Gasteiger partial charge in [-0.15, -0.1) is 0 Å². The van der Waals surface area contributed by atoms with Crippen LogP contribution in [0.1, 0.15) is 17.6 Å². The average Bonchev–Trinajstić information content (AvgIpc) is 2.03. The predicted octanol–water partition coefficient (Wildman–Crippen LogP) is 3.20. The van der Waals surface area contributed by atoms with Gasteiger partial charge in [0.05, 0.1) is 11.1 Å². The van der Waals surface area contributed by atoms with Crippen molar-refractivity contribution >= 4 is 23.2 Å². The highest BCUT2D eigenvalue weighted by atomic mass is 35.5. The average molecular weight is 223 g/mol. The molecule has 0 saturated heterocycles. The van der Waals surface area contributed by atoms with Crippen molar-refractivity contribution in [1.29, 1.82) is 5.26 Å². The summed E-state index contributed by atoms with van der Waals surface area (Å²) in [5, 5.41) is 7.91. The molecule has 0 saturated carbocycles. The molecule has 1 rings (SSSR count). The number of rotatable bonds is 1. The second-order valence-electron chi connectivity index (χ2n) is 2.12. The molecule has 0 spiro atoms. The Morgan fingerprint density at radius 2 is 2.00 bits per heavy atom. The first-order valence-electron chi connectivity index (χ1n) is 3.10. The Balaban J connectivity index is 3.33. The molecule has 0 aromatic carbocycles. The van der Waals surface area contributed by atoms with Crippen LogP contribution in [0, 0.1) is 11.3 Å². The lowest BCUT2D eigenvalue weighted by Crippen LogP contribution is -1.92. The maximum Gasteiger partial charge on any atom is 0.266 e. The summed E-state index contributed by atoms with van der Waals surface area (Å²) in [7, 11) is 0. The standard InChI is InChI=1S/C7H2Cl2F2N2/c8-5-3(2-12)1-4(7(10)11)6(9)13-5/h1,7H. The van der Waals surface area contributed by atoms with E-state index >= 15 is 0 Å². The summed E-state index contributed by atoms with van der Waals surface area (Å²) >= 11 is 10.8. The lowest BCUT2D eigenvalue weighted by molar-refractivity contribution is 0.151. The summed E-state index contributed by atoms with van der Waals surface area (Å²) in [6.45, 7) is 0. The summed E-state index contributed by atoms with van der Waals surface area (Å²) in [6, 6.07) is 2.56. The number of hydrogen-bond donors (Lipinski definition) is 0. The number of alkyl halides is 2. The van der Waals surface area contributed by atoms with Crippen molar-refractivity contribution in [2.45, 2.75) is 6.43 Å². The molecular formula is C7H2Cl2F2N2. The first-order chi connectivity index (χ1) is 6.06. The van der Waals surface area contributed by atoms with Gasteiger partial charge in [0, 0.05) is 0 Å². The number of nitrogens with zero attached hydrogens (tertiary/aromatic N) is 2. The van der Waals surface area contributed by atoms with E-state index in [2.05, 4.69) is 4.98 Å². The van der Waals surface area contributed by atoms with Crippen LogP contribution in [-0.2, 0) is 0 Å². The van der Waals surface area contributed by atoms with Crippen molar-refractivity contribution in [3.05, 3.63) is 27.5 Å². The highest BCUT2D eigenvalue weighted by molar-refractivity contribution is 6.33. The van der Waals surface area contributed by atoms with Crippen molar-refractivity contribution in [3.63, 3.8) is 0 Å². The molecule has 0 aliphatic carbocycles. The minimum atomic E-state index is -2.76. The Kier molecular flexibility index (Phi) is 3.02. The topological polar surface area (TPSA) is 36.7 Å². The first-order valence-corrected chi connectivity index (χ1v) is 3.86. The van der Waals surface area contributed by atoms with Crippen LogP contribution >= 0.6 is 23.2 Å². The van der Waals surface area contributed by atoms with Gasteiger partial charge in [-0.2, -0.15) is 5.26 Å². The van der Waals surface area contributed by atoms with E-state index in [0.29, 0.717) is 0 Å². The molecule has 0 N–H and O–H groups in total. The number of nitriles is 1. The third-order valence-electron chi connectivity index (χ3n) is 1.31. The summed E-state index contributed by atoms with van der Waals surface area (Å²) in [5.41, 5.74) is -0.594. The molecule has 68 valence electrons. The Labute approximate surface area is 82.7 Å². The van der Waals surface area contributed by atoms with Gasteiger partial charge in [0.1, 0.15) is 16.4 Å². The minimum absolute atomic E-state index is 0.110. The van der Waals surface area contributed by atoms with Gasteiger partial charge in [0.2, 0.25) is 0 Å². The van der Waals surface area contributed by atoms with Gasteiger partial charge >= 0.3 is 0 Å². The zero-order chi connectivity index (χ0) is 10.0. The molecule has 0 fully saturated rings. The monoisotopic (exact) mass is 222 g/mol. The quantitative estimate of drug-likeness (QED) is 0.685. The third-order valence-corrected chi connectivity index (χ3v) is 1.90. The molecule has 0 radical (unpaired) electrons. The van der Waals surface area contributed by atoms with E-state index in [4.69, 9.17) is 28.5 Å². The van der Waals surface area contributed by atoms with Crippen molar-refractivity contribution in [1.82, 2.24) is 4.98 Å². The summed E-state index contributed by atoms with van der Waals surface area (Å²) in [5.74, 6) is 0. The summed E-state index contributed by atoms with van der Waals surface area (Å²) in [4.78, 5) is 3.39. The van der Waals surface area contributed by atoms with Crippen molar-refractivity contribution in [3.8, 4) is 6.07 Å².